The van der Waals surface area contributed by atoms with Gasteiger partial charge in [0, 0.05) is 36.7 Å². The third-order valence-corrected chi connectivity index (χ3v) is 4.10. The molecule has 2 aliphatic heterocycles. The van der Waals surface area contributed by atoms with Gasteiger partial charge in [0.1, 0.15) is 5.75 Å². The highest BCUT2D eigenvalue weighted by atomic mass is 16.5. The third kappa shape index (κ3) is 2.13. The number of hydrogen-bond donors (Lipinski definition) is 1. The number of para-hydroxylation sites is 1. The molecule has 1 saturated heterocycles. The first-order chi connectivity index (χ1) is 8.70. The first kappa shape index (κ1) is 12.0. The lowest BCUT2D eigenvalue weighted by Crippen LogP contribution is -2.67. The molecule has 2 heterocycles. The molecule has 1 fully saturated rings. The maximum Gasteiger partial charge on any atom is 0.122 e. The number of benzene rings is 1. The Morgan fingerprint density at radius 2 is 2.17 bits per heavy atom. The first-order valence-electron chi connectivity index (χ1n) is 6.93. The molecule has 3 heteroatoms. The van der Waals surface area contributed by atoms with Gasteiger partial charge in [-0.15, -0.1) is 0 Å². The quantitative estimate of drug-likeness (QED) is 0.883. The Bertz CT molecular complexity index is 426. The second-order valence-electron chi connectivity index (χ2n) is 5.83. The molecule has 2 aliphatic rings. The molecule has 18 heavy (non-hydrogen) atoms. The van der Waals surface area contributed by atoms with Crippen LogP contribution >= 0.6 is 0 Å². The molecular formula is C15H22N2O. The number of likely N-dealkylation sites (tertiary alicyclic amines) is 1. The molecule has 0 spiro atoms. The van der Waals surface area contributed by atoms with E-state index in [4.69, 9.17) is 10.5 Å². The standard InChI is InChI=1S/C15H22N2O/c1-2-7-15(16)10-17(11-15)8-12-9-18-14-6-4-3-5-13(12)14/h3-6,12H,2,7-11,16H2,1H3. The summed E-state index contributed by atoms with van der Waals surface area (Å²) >= 11 is 0. The summed E-state index contributed by atoms with van der Waals surface area (Å²) in [7, 11) is 0. The summed E-state index contributed by atoms with van der Waals surface area (Å²) in [6.45, 7) is 6.19. The number of nitrogens with two attached hydrogens (primary N) is 1. The number of fused-ring (bicyclic) bond motifs is 1. The van der Waals surface area contributed by atoms with E-state index in [9.17, 15) is 0 Å². The van der Waals surface area contributed by atoms with E-state index < -0.39 is 0 Å². The molecule has 0 radical (unpaired) electrons. The molecule has 2 N–H and O–H groups in total. The maximum atomic E-state index is 6.30. The van der Waals surface area contributed by atoms with Crippen molar-refractivity contribution in [2.75, 3.05) is 26.2 Å². The topological polar surface area (TPSA) is 38.5 Å². The van der Waals surface area contributed by atoms with E-state index in [0.717, 1.165) is 38.4 Å². The van der Waals surface area contributed by atoms with Gasteiger partial charge in [-0.2, -0.15) is 0 Å². The molecule has 0 amide bonds. The minimum atomic E-state index is 0.0771. The Morgan fingerprint density at radius 1 is 1.39 bits per heavy atom. The van der Waals surface area contributed by atoms with Crippen LogP contribution in [0, 0.1) is 0 Å². The van der Waals surface area contributed by atoms with Crippen LogP contribution in [0.15, 0.2) is 24.3 Å². The zero-order chi connectivity index (χ0) is 12.6. The lowest BCUT2D eigenvalue weighted by atomic mass is 9.85. The summed E-state index contributed by atoms with van der Waals surface area (Å²) in [6.07, 6.45) is 2.32. The fourth-order valence-electron chi connectivity index (χ4n) is 3.32. The van der Waals surface area contributed by atoms with Crippen LogP contribution in [0.2, 0.25) is 0 Å². The highest BCUT2D eigenvalue weighted by Crippen LogP contribution is 2.35. The van der Waals surface area contributed by atoms with E-state index in [-0.39, 0.29) is 5.54 Å². The van der Waals surface area contributed by atoms with Gasteiger partial charge in [-0.3, -0.25) is 4.90 Å². The van der Waals surface area contributed by atoms with Gasteiger partial charge in [0.25, 0.3) is 0 Å². The van der Waals surface area contributed by atoms with Crippen molar-refractivity contribution < 1.29 is 4.74 Å². The van der Waals surface area contributed by atoms with Gasteiger partial charge in [0.15, 0.2) is 0 Å². The Kier molecular flexibility index (Phi) is 3.04. The smallest absolute Gasteiger partial charge is 0.122 e. The Morgan fingerprint density at radius 3 is 2.94 bits per heavy atom. The van der Waals surface area contributed by atoms with Crippen molar-refractivity contribution >= 4 is 0 Å². The van der Waals surface area contributed by atoms with Gasteiger partial charge >= 0.3 is 0 Å². The Hall–Kier alpha value is -1.06. The molecule has 3 rings (SSSR count). The summed E-state index contributed by atoms with van der Waals surface area (Å²) in [6, 6.07) is 8.39. The summed E-state index contributed by atoms with van der Waals surface area (Å²) in [5, 5.41) is 0. The zero-order valence-electron chi connectivity index (χ0n) is 11.1. The van der Waals surface area contributed by atoms with Crippen molar-refractivity contribution in [3.8, 4) is 5.75 Å². The molecule has 1 atom stereocenters. The minimum absolute atomic E-state index is 0.0771. The van der Waals surface area contributed by atoms with Crippen LogP contribution < -0.4 is 10.5 Å². The second-order valence-corrected chi connectivity index (χ2v) is 5.83. The van der Waals surface area contributed by atoms with Crippen LogP contribution in [0.3, 0.4) is 0 Å². The fourth-order valence-corrected chi connectivity index (χ4v) is 3.32. The molecule has 0 saturated carbocycles. The summed E-state index contributed by atoms with van der Waals surface area (Å²) in [5.41, 5.74) is 7.74. The van der Waals surface area contributed by atoms with Crippen LogP contribution in [0.1, 0.15) is 31.2 Å². The van der Waals surface area contributed by atoms with Gasteiger partial charge in [0.2, 0.25) is 0 Å². The molecule has 3 nitrogen and oxygen atoms in total. The molecule has 1 unspecified atom stereocenters. The van der Waals surface area contributed by atoms with E-state index in [1.807, 2.05) is 6.07 Å². The van der Waals surface area contributed by atoms with Crippen molar-refractivity contribution in [2.24, 2.45) is 5.73 Å². The largest absolute Gasteiger partial charge is 0.493 e. The average Bonchev–Trinajstić information content (AvgIpc) is 2.71. The summed E-state index contributed by atoms with van der Waals surface area (Å²) < 4.78 is 5.72. The van der Waals surface area contributed by atoms with Crippen LogP contribution in [0.5, 0.6) is 5.75 Å². The predicted octanol–water partition coefficient (Wildman–Crippen LogP) is 1.98. The van der Waals surface area contributed by atoms with E-state index in [0.29, 0.717) is 5.92 Å². The molecule has 98 valence electrons. The van der Waals surface area contributed by atoms with Gasteiger partial charge < -0.3 is 10.5 Å². The number of nitrogens with zero attached hydrogens (tertiary/aromatic N) is 1. The van der Waals surface area contributed by atoms with Crippen molar-refractivity contribution in [1.29, 1.82) is 0 Å². The van der Waals surface area contributed by atoms with Crippen molar-refractivity contribution in [3.63, 3.8) is 0 Å². The first-order valence-corrected chi connectivity index (χ1v) is 6.93. The number of rotatable bonds is 4. The van der Waals surface area contributed by atoms with Gasteiger partial charge in [-0.05, 0) is 12.5 Å². The Balaban J connectivity index is 1.57. The molecular weight excluding hydrogens is 224 g/mol. The third-order valence-electron chi connectivity index (χ3n) is 4.10. The van der Waals surface area contributed by atoms with E-state index in [1.165, 1.54) is 12.0 Å². The fraction of sp³-hybridized carbons (Fsp3) is 0.600. The number of ether oxygens (including phenoxy) is 1. The van der Waals surface area contributed by atoms with Crippen LogP contribution in [-0.2, 0) is 0 Å². The normalized spacial score (nSPS) is 25.3. The zero-order valence-corrected chi connectivity index (χ0v) is 11.1. The van der Waals surface area contributed by atoms with Crippen molar-refractivity contribution in [1.82, 2.24) is 4.90 Å². The van der Waals surface area contributed by atoms with E-state index in [2.05, 4.69) is 30.0 Å². The monoisotopic (exact) mass is 246 g/mol. The molecule has 0 aliphatic carbocycles. The lowest BCUT2D eigenvalue weighted by Gasteiger charge is -2.48. The van der Waals surface area contributed by atoms with Crippen LogP contribution in [0.25, 0.3) is 0 Å². The summed E-state index contributed by atoms with van der Waals surface area (Å²) in [5.74, 6) is 1.59. The molecule has 0 bridgehead atoms. The van der Waals surface area contributed by atoms with E-state index >= 15 is 0 Å². The lowest BCUT2D eigenvalue weighted by molar-refractivity contribution is 0.0557. The highest BCUT2D eigenvalue weighted by molar-refractivity contribution is 5.39. The van der Waals surface area contributed by atoms with Crippen molar-refractivity contribution in [2.45, 2.75) is 31.2 Å². The average molecular weight is 246 g/mol. The number of hydrogen-bond acceptors (Lipinski definition) is 3. The van der Waals surface area contributed by atoms with Gasteiger partial charge in [-0.1, -0.05) is 31.5 Å². The van der Waals surface area contributed by atoms with Crippen LogP contribution in [-0.4, -0.2) is 36.7 Å². The minimum Gasteiger partial charge on any atom is -0.493 e. The second kappa shape index (κ2) is 4.56. The Labute approximate surface area is 109 Å². The van der Waals surface area contributed by atoms with Gasteiger partial charge in [-0.25, -0.2) is 0 Å². The maximum absolute atomic E-state index is 6.30. The van der Waals surface area contributed by atoms with E-state index in [1.54, 1.807) is 0 Å². The van der Waals surface area contributed by atoms with Crippen molar-refractivity contribution in [3.05, 3.63) is 29.8 Å². The summed E-state index contributed by atoms with van der Waals surface area (Å²) in [4.78, 5) is 2.46. The highest BCUT2D eigenvalue weighted by Gasteiger charge is 2.40. The van der Waals surface area contributed by atoms with Gasteiger partial charge in [0.05, 0.1) is 6.61 Å². The molecule has 1 aromatic carbocycles. The predicted molar refractivity (Wildman–Crippen MR) is 72.9 cm³/mol. The molecule has 1 aromatic rings. The van der Waals surface area contributed by atoms with Crippen LogP contribution in [0.4, 0.5) is 0 Å². The molecule has 0 aromatic heterocycles. The SMILES string of the molecule is CCCC1(N)CN(CC2COc3ccccc32)C1.